The number of carboxylic acid groups (broad SMARTS) is 1. The highest BCUT2D eigenvalue weighted by Crippen LogP contribution is 2.45. The zero-order chi connectivity index (χ0) is 24.9. The molecular formula is C26H22NO6PS. The summed E-state index contributed by atoms with van der Waals surface area (Å²) in [6.07, 6.45) is 0. The Labute approximate surface area is 203 Å². The second kappa shape index (κ2) is 10.3. The number of hydrogen-bond donors (Lipinski definition) is 2. The molecule has 0 atom stereocenters. The van der Waals surface area contributed by atoms with E-state index in [-0.39, 0.29) is 23.2 Å². The molecule has 0 aliphatic rings. The SMILES string of the molecule is O=C(O)c1ccc(OS(=O)(=O)NCc2ccccc2)c(P(=O)(c2ccccc2)c2ccccc2)c1. The number of carboxylic acids is 1. The van der Waals surface area contributed by atoms with Crippen molar-refractivity contribution in [1.29, 1.82) is 0 Å². The molecule has 4 aromatic carbocycles. The number of nitrogens with one attached hydrogen (secondary N) is 1. The van der Waals surface area contributed by atoms with Gasteiger partial charge in [0.15, 0.2) is 12.9 Å². The quantitative estimate of drug-likeness (QED) is 0.336. The van der Waals surface area contributed by atoms with Crippen LogP contribution in [0.15, 0.2) is 109 Å². The van der Waals surface area contributed by atoms with Crippen LogP contribution >= 0.6 is 7.14 Å². The van der Waals surface area contributed by atoms with Gasteiger partial charge in [0.25, 0.3) is 0 Å². The van der Waals surface area contributed by atoms with Crippen LogP contribution in [-0.4, -0.2) is 19.5 Å². The van der Waals surface area contributed by atoms with Crippen LogP contribution in [0.25, 0.3) is 0 Å². The summed E-state index contributed by atoms with van der Waals surface area (Å²) in [5, 5.41) is 10.4. The number of aromatic carboxylic acids is 1. The molecule has 0 spiro atoms. The van der Waals surface area contributed by atoms with Crippen molar-refractivity contribution in [2.75, 3.05) is 0 Å². The average Bonchev–Trinajstić information content (AvgIpc) is 2.88. The minimum Gasteiger partial charge on any atom is -0.478 e. The Balaban J connectivity index is 1.83. The molecule has 0 aromatic heterocycles. The number of hydrogen-bond acceptors (Lipinski definition) is 5. The second-order valence-electron chi connectivity index (χ2n) is 7.61. The Kier molecular flexibility index (Phi) is 7.17. The van der Waals surface area contributed by atoms with Gasteiger partial charge in [0, 0.05) is 17.2 Å². The molecule has 0 saturated carbocycles. The molecular weight excluding hydrogens is 485 g/mol. The van der Waals surface area contributed by atoms with Gasteiger partial charge >= 0.3 is 16.3 Å². The lowest BCUT2D eigenvalue weighted by atomic mass is 10.2. The van der Waals surface area contributed by atoms with Crippen LogP contribution in [0.3, 0.4) is 0 Å². The molecule has 4 aromatic rings. The summed E-state index contributed by atoms with van der Waals surface area (Å²) in [7, 11) is -8.06. The molecule has 0 heterocycles. The van der Waals surface area contributed by atoms with Gasteiger partial charge in [-0.3, -0.25) is 0 Å². The van der Waals surface area contributed by atoms with E-state index in [9.17, 15) is 22.9 Å². The smallest absolute Gasteiger partial charge is 0.382 e. The third-order valence-electron chi connectivity index (χ3n) is 5.28. The minimum absolute atomic E-state index is 0.0131. The second-order valence-corrected chi connectivity index (χ2v) is 11.7. The summed E-state index contributed by atoms with van der Waals surface area (Å²) in [5.74, 6) is -1.46. The van der Waals surface area contributed by atoms with Crippen LogP contribution in [0.4, 0.5) is 0 Å². The maximum absolute atomic E-state index is 14.8. The maximum atomic E-state index is 14.8. The highest BCUT2D eigenvalue weighted by Gasteiger charge is 2.34. The van der Waals surface area contributed by atoms with E-state index in [1.165, 1.54) is 18.2 Å². The van der Waals surface area contributed by atoms with Crippen LogP contribution < -0.4 is 24.8 Å². The monoisotopic (exact) mass is 507 g/mol. The third kappa shape index (κ3) is 5.52. The molecule has 0 bridgehead atoms. The Bertz CT molecular complexity index is 1430. The van der Waals surface area contributed by atoms with E-state index in [0.717, 1.165) is 5.56 Å². The van der Waals surface area contributed by atoms with Crippen LogP contribution in [-0.2, 0) is 21.4 Å². The predicted molar refractivity (Wildman–Crippen MR) is 136 cm³/mol. The highest BCUT2D eigenvalue weighted by molar-refractivity contribution is 7.86. The molecule has 0 aliphatic carbocycles. The van der Waals surface area contributed by atoms with Crippen LogP contribution in [0.1, 0.15) is 15.9 Å². The number of carbonyl (C=O) groups is 1. The Morgan fingerprint density at radius 3 is 1.83 bits per heavy atom. The van der Waals surface area contributed by atoms with Crippen LogP contribution in [0.5, 0.6) is 5.75 Å². The van der Waals surface area contributed by atoms with Crippen molar-refractivity contribution in [1.82, 2.24) is 4.72 Å². The van der Waals surface area contributed by atoms with Gasteiger partial charge in [0.1, 0.15) is 0 Å². The van der Waals surface area contributed by atoms with Gasteiger partial charge in [-0.1, -0.05) is 91.0 Å². The fourth-order valence-electron chi connectivity index (χ4n) is 3.59. The van der Waals surface area contributed by atoms with Gasteiger partial charge in [-0.15, -0.1) is 0 Å². The zero-order valence-electron chi connectivity index (χ0n) is 18.4. The fourth-order valence-corrected chi connectivity index (χ4v) is 7.22. The minimum atomic E-state index is -4.33. The first-order valence-corrected chi connectivity index (χ1v) is 13.7. The molecule has 35 heavy (non-hydrogen) atoms. The lowest BCUT2D eigenvalue weighted by molar-refractivity contribution is 0.0697. The first kappa shape index (κ1) is 24.4. The van der Waals surface area contributed by atoms with Crippen LogP contribution in [0, 0.1) is 0 Å². The lowest BCUT2D eigenvalue weighted by Crippen LogP contribution is -2.32. The van der Waals surface area contributed by atoms with Crippen molar-refractivity contribution in [2.45, 2.75) is 6.54 Å². The van der Waals surface area contributed by atoms with Crippen molar-refractivity contribution in [3.05, 3.63) is 120 Å². The first-order valence-electron chi connectivity index (χ1n) is 10.6. The highest BCUT2D eigenvalue weighted by atomic mass is 32.2. The molecule has 0 unspecified atom stereocenters. The largest absolute Gasteiger partial charge is 0.478 e. The molecule has 7 nitrogen and oxygen atoms in total. The molecule has 0 amide bonds. The van der Waals surface area contributed by atoms with E-state index < -0.39 is 23.4 Å². The van der Waals surface area contributed by atoms with Gasteiger partial charge in [0.2, 0.25) is 0 Å². The molecule has 4 rings (SSSR count). The van der Waals surface area contributed by atoms with Crippen molar-refractivity contribution >= 4 is 39.3 Å². The summed E-state index contributed by atoms with van der Waals surface area (Å²) in [4.78, 5) is 11.7. The van der Waals surface area contributed by atoms with Crippen molar-refractivity contribution < 1.29 is 27.1 Å². The number of benzene rings is 4. The van der Waals surface area contributed by atoms with Crippen LogP contribution in [0.2, 0.25) is 0 Å². The van der Waals surface area contributed by atoms with E-state index in [0.29, 0.717) is 10.6 Å². The van der Waals surface area contributed by atoms with Crippen molar-refractivity contribution in [3.8, 4) is 5.75 Å². The van der Waals surface area contributed by atoms with Crippen molar-refractivity contribution in [2.24, 2.45) is 0 Å². The van der Waals surface area contributed by atoms with Gasteiger partial charge in [-0.05, 0) is 23.8 Å². The van der Waals surface area contributed by atoms with E-state index in [2.05, 4.69) is 4.72 Å². The average molecular weight is 508 g/mol. The summed E-state index contributed by atoms with van der Waals surface area (Å²) in [6, 6.07) is 29.6. The van der Waals surface area contributed by atoms with Gasteiger partial charge in [-0.25, -0.2) is 4.79 Å². The number of rotatable bonds is 9. The molecule has 0 fully saturated rings. The summed E-state index contributed by atoms with van der Waals surface area (Å²) in [6.45, 7) is -0.0131. The normalized spacial score (nSPS) is 11.7. The standard InChI is InChI=1S/C26H22NO6PS/c28-26(29)21-16-17-24(33-35(31,32)27-19-20-10-4-1-5-11-20)25(18-21)34(30,22-12-6-2-7-13-22)23-14-8-3-9-15-23/h1-18,27H,19H2,(H,28,29). The lowest BCUT2D eigenvalue weighted by Gasteiger charge is -2.23. The summed E-state index contributed by atoms with van der Waals surface area (Å²) >= 11 is 0. The summed E-state index contributed by atoms with van der Waals surface area (Å²) < 4.78 is 48.1. The molecule has 9 heteroatoms. The van der Waals surface area contributed by atoms with E-state index in [1.807, 2.05) is 6.07 Å². The van der Waals surface area contributed by atoms with E-state index in [4.69, 9.17) is 4.18 Å². The van der Waals surface area contributed by atoms with Gasteiger partial charge in [0.05, 0.1) is 10.9 Å². The molecule has 0 aliphatic heterocycles. The van der Waals surface area contributed by atoms with Gasteiger partial charge < -0.3 is 13.9 Å². The third-order valence-corrected chi connectivity index (χ3v) is 9.26. The molecule has 2 N–H and O–H groups in total. The Morgan fingerprint density at radius 2 is 1.31 bits per heavy atom. The zero-order valence-corrected chi connectivity index (χ0v) is 20.2. The molecule has 0 saturated heterocycles. The summed E-state index contributed by atoms with van der Waals surface area (Å²) in [5.41, 5.74) is 0.578. The maximum Gasteiger partial charge on any atom is 0.382 e. The first-order chi connectivity index (χ1) is 16.8. The van der Waals surface area contributed by atoms with Gasteiger partial charge in [-0.2, -0.15) is 13.1 Å². The topological polar surface area (TPSA) is 110 Å². The molecule has 178 valence electrons. The predicted octanol–water partition coefficient (Wildman–Crippen LogP) is 3.44. The van der Waals surface area contributed by atoms with E-state index >= 15 is 0 Å². The van der Waals surface area contributed by atoms with Crippen molar-refractivity contribution in [3.63, 3.8) is 0 Å². The Morgan fingerprint density at radius 1 is 0.800 bits per heavy atom. The van der Waals surface area contributed by atoms with E-state index in [1.54, 1.807) is 84.9 Å². The Hall–Kier alpha value is -3.71. The molecule has 0 radical (unpaired) electrons. The fraction of sp³-hybridized carbons (Fsp3) is 0.0385.